The standard InChI is InChI=1S/C24H31FN2O2S/c1-15-7-3-6-10-19(15)26-23(28)17-11-12-21-20(13-17)27(2)24(29)22(30-21)14-16-8-4-5-9-18(16)25/h4-5,8-9,14-15,17,19-21H,3,6-7,10-13H2,1-2H3,(H,26,28)/b22-14-. The Balaban J connectivity index is 1.42. The van der Waals surface area contributed by atoms with Gasteiger partial charge in [-0.05, 0) is 50.2 Å². The summed E-state index contributed by atoms with van der Waals surface area (Å²) in [6, 6.07) is 6.86. The lowest BCUT2D eigenvalue weighted by atomic mass is 9.82. The van der Waals surface area contributed by atoms with E-state index in [1.807, 2.05) is 7.05 Å². The van der Waals surface area contributed by atoms with Gasteiger partial charge in [-0.15, -0.1) is 11.8 Å². The molecule has 1 heterocycles. The number of likely N-dealkylation sites (N-methyl/N-ethyl adjacent to an activating group) is 1. The third-order valence-corrected chi connectivity index (χ3v) is 8.46. The number of amides is 2. The van der Waals surface area contributed by atoms with Gasteiger partial charge in [0.15, 0.2) is 0 Å². The SMILES string of the molecule is CC1CCCCC1NC(=O)C1CCC2S/C(=C\c3ccccc3F)C(=O)N(C)C2C1. The van der Waals surface area contributed by atoms with Gasteiger partial charge in [0.1, 0.15) is 5.82 Å². The first-order valence-corrected chi connectivity index (χ1v) is 12.0. The molecule has 2 amide bonds. The molecular weight excluding hydrogens is 399 g/mol. The molecule has 6 heteroatoms. The number of fused-ring (bicyclic) bond motifs is 1. The van der Waals surface area contributed by atoms with Crippen LogP contribution in [-0.2, 0) is 9.59 Å². The van der Waals surface area contributed by atoms with E-state index in [0.29, 0.717) is 28.8 Å². The van der Waals surface area contributed by atoms with Crippen molar-refractivity contribution in [1.82, 2.24) is 10.2 Å². The minimum absolute atomic E-state index is 0.0340. The number of rotatable bonds is 3. The maximum atomic E-state index is 14.0. The number of hydrogen-bond donors (Lipinski definition) is 1. The Hall–Kier alpha value is -1.82. The predicted octanol–water partition coefficient (Wildman–Crippen LogP) is 4.60. The van der Waals surface area contributed by atoms with Crippen molar-refractivity contribution in [3.05, 3.63) is 40.6 Å². The maximum Gasteiger partial charge on any atom is 0.260 e. The first-order chi connectivity index (χ1) is 14.4. The van der Waals surface area contributed by atoms with Crippen molar-refractivity contribution in [2.24, 2.45) is 11.8 Å². The number of halogens is 1. The van der Waals surface area contributed by atoms with Gasteiger partial charge in [-0.25, -0.2) is 4.39 Å². The normalized spacial score (nSPS) is 33.3. The molecule has 3 aliphatic rings. The van der Waals surface area contributed by atoms with Crippen LogP contribution in [0.2, 0.25) is 0 Å². The summed E-state index contributed by atoms with van der Waals surface area (Å²) in [5.41, 5.74) is 0.440. The molecule has 0 radical (unpaired) electrons. The van der Waals surface area contributed by atoms with E-state index in [4.69, 9.17) is 0 Å². The smallest absolute Gasteiger partial charge is 0.260 e. The van der Waals surface area contributed by atoms with Crippen molar-refractivity contribution < 1.29 is 14.0 Å². The van der Waals surface area contributed by atoms with Crippen molar-refractivity contribution in [1.29, 1.82) is 0 Å². The lowest BCUT2D eigenvalue weighted by Crippen LogP contribution is -2.53. The van der Waals surface area contributed by atoms with Crippen LogP contribution >= 0.6 is 11.8 Å². The highest BCUT2D eigenvalue weighted by Gasteiger charge is 2.43. The molecule has 1 N–H and O–H groups in total. The summed E-state index contributed by atoms with van der Waals surface area (Å²) in [4.78, 5) is 28.2. The van der Waals surface area contributed by atoms with Gasteiger partial charge in [-0.2, -0.15) is 0 Å². The van der Waals surface area contributed by atoms with Gasteiger partial charge in [0.05, 0.1) is 4.91 Å². The molecule has 30 heavy (non-hydrogen) atoms. The van der Waals surface area contributed by atoms with Crippen molar-refractivity contribution >= 4 is 29.7 Å². The zero-order valence-corrected chi connectivity index (χ0v) is 18.6. The number of hydrogen-bond acceptors (Lipinski definition) is 3. The second-order valence-corrected chi connectivity index (χ2v) is 10.3. The van der Waals surface area contributed by atoms with E-state index in [0.717, 1.165) is 19.3 Å². The van der Waals surface area contributed by atoms with Gasteiger partial charge >= 0.3 is 0 Å². The van der Waals surface area contributed by atoms with E-state index < -0.39 is 0 Å². The Morgan fingerprint density at radius 3 is 2.73 bits per heavy atom. The fraction of sp³-hybridized carbons (Fsp3) is 0.583. The molecular formula is C24H31FN2O2S. The molecule has 1 aromatic rings. The van der Waals surface area contributed by atoms with Crippen LogP contribution in [0.25, 0.3) is 6.08 Å². The van der Waals surface area contributed by atoms with Crippen LogP contribution in [0.4, 0.5) is 4.39 Å². The highest BCUT2D eigenvalue weighted by molar-refractivity contribution is 8.04. The molecule has 162 valence electrons. The molecule has 4 nitrogen and oxygen atoms in total. The summed E-state index contributed by atoms with van der Waals surface area (Å²) in [5, 5.41) is 3.56. The molecule has 4 rings (SSSR count). The molecule has 2 aliphatic carbocycles. The summed E-state index contributed by atoms with van der Waals surface area (Å²) < 4.78 is 14.0. The summed E-state index contributed by atoms with van der Waals surface area (Å²) in [7, 11) is 1.82. The molecule has 0 spiro atoms. The topological polar surface area (TPSA) is 49.4 Å². The van der Waals surface area contributed by atoms with Gasteiger partial charge in [-0.1, -0.05) is 38.0 Å². The molecule has 0 bridgehead atoms. The van der Waals surface area contributed by atoms with E-state index in [-0.39, 0.29) is 34.8 Å². The van der Waals surface area contributed by atoms with Crippen LogP contribution in [-0.4, -0.2) is 41.1 Å². The maximum absolute atomic E-state index is 14.0. The third kappa shape index (κ3) is 4.43. The zero-order valence-electron chi connectivity index (χ0n) is 17.8. The highest BCUT2D eigenvalue weighted by Crippen LogP contribution is 2.43. The summed E-state index contributed by atoms with van der Waals surface area (Å²) in [6.07, 6.45) is 8.81. The Kier molecular flexibility index (Phi) is 6.51. The average molecular weight is 431 g/mol. The second kappa shape index (κ2) is 9.13. The first kappa shape index (κ1) is 21.4. The van der Waals surface area contributed by atoms with Crippen LogP contribution in [0.15, 0.2) is 29.2 Å². The zero-order chi connectivity index (χ0) is 21.3. The molecule has 2 saturated carbocycles. The van der Waals surface area contributed by atoms with Crippen LogP contribution in [0, 0.1) is 17.7 Å². The number of carbonyl (C=O) groups excluding carboxylic acids is 2. The molecule has 1 aliphatic heterocycles. The number of benzene rings is 1. The van der Waals surface area contributed by atoms with E-state index in [2.05, 4.69) is 12.2 Å². The minimum atomic E-state index is -0.319. The molecule has 3 fully saturated rings. The van der Waals surface area contributed by atoms with Gasteiger partial charge in [0.2, 0.25) is 5.91 Å². The third-order valence-electron chi connectivity index (χ3n) is 7.06. The van der Waals surface area contributed by atoms with E-state index in [9.17, 15) is 14.0 Å². The minimum Gasteiger partial charge on any atom is -0.353 e. The fourth-order valence-corrected chi connectivity index (χ4v) is 6.57. The number of thioether (sulfide) groups is 1. The number of nitrogens with one attached hydrogen (secondary N) is 1. The van der Waals surface area contributed by atoms with Crippen molar-refractivity contribution in [2.75, 3.05) is 7.05 Å². The van der Waals surface area contributed by atoms with Crippen molar-refractivity contribution in [3.63, 3.8) is 0 Å². The molecule has 0 aromatic heterocycles. The number of carbonyl (C=O) groups is 2. The highest BCUT2D eigenvalue weighted by atomic mass is 32.2. The van der Waals surface area contributed by atoms with E-state index in [1.54, 1.807) is 40.9 Å². The van der Waals surface area contributed by atoms with Gasteiger partial charge in [0, 0.05) is 35.9 Å². The Morgan fingerprint density at radius 1 is 1.20 bits per heavy atom. The predicted molar refractivity (Wildman–Crippen MR) is 119 cm³/mol. The molecule has 5 unspecified atom stereocenters. The van der Waals surface area contributed by atoms with Crippen molar-refractivity contribution in [2.45, 2.75) is 69.2 Å². The quantitative estimate of drug-likeness (QED) is 0.713. The van der Waals surface area contributed by atoms with Crippen LogP contribution < -0.4 is 5.32 Å². The summed E-state index contributed by atoms with van der Waals surface area (Å²) in [5.74, 6) is 0.269. The second-order valence-electron chi connectivity index (χ2n) is 9.06. The lowest BCUT2D eigenvalue weighted by Gasteiger charge is -2.44. The monoisotopic (exact) mass is 430 g/mol. The van der Waals surface area contributed by atoms with Crippen LogP contribution in [0.1, 0.15) is 57.4 Å². The van der Waals surface area contributed by atoms with Crippen LogP contribution in [0.3, 0.4) is 0 Å². The Bertz CT molecular complexity index is 842. The first-order valence-electron chi connectivity index (χ1n) is 11.1. The van der Waals surface area contributed by atoms with Gasteiger partial charge in [0.25, 0.3) is 5.91 Å². The van der Waals surface area contributed by atoms with Gasteiger partial charge < -0.3 is 10.2 Å². The average Bonchev–Trinajstić information content (AvgIpc) is 2.74. The Morgan fingerprint density at radius 2 is 1.97 bits per heavy atom. The lowest BCUT2D eigenvalue weighted by molar-refractivity contribution is -0.132. The molecule has 1 aromatic carbocycles. The van der Waals surface area contributed by atoms with Crippen molar-refractivity contribution in [3.8, 4) is 0 Å². The fourth-order valence-electron chi connectivity index (χ4n) is 5.10. The summed E-state index contributed by atoms with van der Waals surface area (Å²) >= 11 is 1.55. The van der Waals surface area contributed by atoms with Crippen LogP contribution in [0.5, 0.6) is 0 Å². The molecule has 1 saturated heterocycles. The Labute approximate surface area is 182 Å². The van der Waals surface area contributed by atoms with E-state index in [1.165, 1.54) is 25.3 Å². The largest absolute Gasteiger partial charge is 0.353 e. The number of nitrogens with zero attached hydrogens (tertiary/aromatic N) is 1. The summed E-state index contributed by atoms with van der Waals surface area (Å²) in [6.45, 7) is 2.23. The molecule has 5 atom stereocenters. The van der Waals surface area contributed by atoms with E-state index >= 15 is 0 Å². The van der Waals surface area contributed by atoms with Gasteiger partial charge in [-0.3, -0.25) is 9.59 Å².